The first-order chi connectivity index (χ1) is 11.0. The first-order valence-corrected chi connectivity index (χ1v) is 7.43. The largest absolute Gasteiger partial charge is 0.415 e. The van der Waals surface area contributed by atoms with Gasteiger partial charge < -0.3 is 19.3 Å². The van der Waals surface area contributed by atoms with E-state index >= 15 is 0 Å². The number of aromatic nitrogens is 2. The van der Waals surface area contributed by atoms with E-state index in [2.05, 4.69) is 10.2 Å². The molecule has 1 atom stereocenters. The molecular weight excluding hydrogens is 296 g/mol. The third kappa shape index (κ3) is 4.87. The summed E-state index contributed by atoms with van der Waals surface area (Å²) in [6, 6.07) is 9.36. The molecular formula is C16H22N4O3. The second kappa shape index (κ2) is 7.85. The minimum Gasteiger partial charge on any atom is -0.415 e. The topological polar surface area (TPSA) is 82.7 Å². The fourth-order valence-electron chi connectivity index (χ4n) is 2.10. The van der Waals surface area contributed by atoms with Crippen LogP contribution in [0.2, 0.25) is 0 Å². The molecule has 0 spiro atoms. The number of amides is 1. The van der Waals surface area contributed by atoms with Gasteiger partial charge >= 0.3 is 11.8 Å². The van der Waals surface area contributed by atoms with E-state index < -0.39 is 6.10 Å². The fourth-order valence-corrected chi connectivity index (χ4v) is 2.10. The van der Waals surface area contributed by atoms with E-state index in [1.807, 2.05) is 49.3 Å². The Bertz CT molecular complexity index is 627. The van der Waals surface area contributed by atoms with Crippen LogP contribution in [0.15, 0.2) is 34.7 Å². The number of aliphatic hydroxyl groups excluding tert-OH is 1. The van der Waals surface area contributed by atoms with Crippen LogP contribution >= 0.6 is 0 Å². The van der Waals surface area contributed by atoms with Gasteiger partial charge in [0.2, 0.25) is 5.89 Å². The van der Waals surface area contributed by atoms with Crippen molar-refractivity contribution in [3.05, 3.63) is 47.7 Å². The number of hydrogen-bond donors (Lipinski definition) is 1. The van der Waals surface area contributed by atoms with Gasteiger partial charge in [0, 0.05) is 13.6 Å². The van der Waals surface area contributed by atoms with Gasteiger partial charge in [-0.1, -0.05) is 30.3 Å². The second-order valence-corrected chi connectivity index (χ2v) is 5.68. The van der Waals surface area contributed by atoms with E-state index in [4.69, 9.17) is 4.42 Å². The molecule has 2 aromatic rings. The third-order valence-corrected chi connectivity index (χ3v) is 3.37. The number of hydrogen-bond acceptors (Lipinski definition) is 6. The van der Waals surface area contributed by atoms with Crippen molar-refractivity contribution in [2.75, 3.05) is 27.7 Å². The standard InChI is InChI=1S/C16H22N4O3/c1-19(2)11-14-17-18-15(23-14)16(22)20(3)10-9-13(21)12-7-5-4-6-8-12/h4-8,13,21H,9-11H2,1-3H3. The minimum atomic E-state index is -0.613. The summed E-state index contributed by atoms with van der Waals surface area (Å²) in [4.78, 5) is 15.6. The summed E-state index contributed by atoms with van der Waals surface area (Å²) in [6.45, 7) is 0.872. The minimum absolute atomic E-state index is 0.0291. The van der Waals surface area contributed by atoms with Crippen LogP contribution in [0.3, 0.4) is 0 Å². The van der Waals surface area contributed by atoms with Crippen molar-refractivity contribution in [1.82, 2.24) is 20.0 Å². The van der Waals surface area contributed by atoms with E-state index in [1.165, 1.54) is 4.90 Å². The number of aliphatic hydroxyl groups is 1. The zero-order valence-corrected chi connectivity index (χ0v) is 13.6. The summed E-state index contributed by atoms with van der Waals surface area (Å²) in [6.07, 6.45) is -0.177. The summed E-state index contributed by atoms with van der Waals surface area (Å²) in [5.74, 6) is 0.0254. The number of rotatable bonds is 7. The lowest BCUT2D eigenvalue weighted by Crippen LogP contribution is -2.29. The van der Waals surface area contributed by atoms with Crippen LogP contribution < -0.4 is 0 Å². The number of benzene rings is 1. The van der Waals surface area contributed by atoms with E-state index in [0.29, 0.717) is 25.4 Å². The highest BCUT2D eigenvalue weighted by molar-refractivity contribution is 5.89. The maximum absolute atomic E-state index is 12.2. The predicted octanol–water partition coefficient (Wildman–Crippen LogP) is 1.33. The fraction of sp³-hybridized carbons (Fsp3) is 0.438. The van der Waals surface area contributed by atoms with Crippen molar-refractivity contribution in [2.45, 2.75) is 19.1 Å². The molecule has 23 heavy (non-hydrogen) atoms. The first kappa shape index (κ1) is 17.1. The normalized spacial score (nSPS) is 12.4. The van der Waals surface area contributed by atoms with Crippen molar-refractivity contribution in [3.8, 4) is 0 Å². The molecule has 1 amide bonds. The van der Waals surface area contributed by atoms with Gasteiger partial charge in [-0.15, -0.1) is 10.2 Å². The Labute approximate surface area is 135 Å². The van der Waals surface area contributed by atoms with Gasteiger partial charge in [0.25, 0.3) is 0 Å². The van der Waals surface area contributed by atoms with Gasteiger partial charge in [-0.05, 0) is 26.1 Å². The van der Waals surface area contributed by atoms with Crippen molar-refractivity contribution < 1.29 is 14.3 Å². The van der Waals surface area contributed by atoms with Crippen LogP contribution in [-0.2, 0) is 6.54 Å². The molecule has 0 aliphatic carbocycles. The van der Waals surface area contributed by atoms with Crippen molar-refractivity contribution >= 4 is 5.91 Å². The zero-order valence-electron chi connectivity index (χ0n) is 13.6. The zero-order chi connectivity index (χ0) is 16.8. The Morgan fingerprint density at radius 3 is 2.57 bits per heavy atom. The van der Waals surface area contributed by atoms with Gasteiger partial charge in [0.05, 0.1) is 12.6 Å². The Hall–Kier alpha value is -2.25. The Balaban J connectivity index is 1.88. The maximum Gasteiger partial charge on any atom is 0.311 e. The van der Waals surface area contributed by atoms with E-state index in [9.17, 15) is 9.90 Å². The van der Waals surface area contributed by atoms with Crippen molar-refractivity contribution in [1.29, 1.82) is 0 Å². The lowest BCUT2D eigenvalue weighted by atomic mass is 10.1. The Morgan fingerprint density at radius 2 is 1.91 bits per heavy atom. The monoisotopic (exact) mass is 318 g/mol. The molecule has 0 aliphatic rings. The molecule has 2 rings (SSSR count). The van der Waals surface area contributed by atoms with Crippen LogP contribution in [0.25, 0.3) is 0 Å². The lowest BCUT2D eigenvalue weighted by Gasteiger charge is -2.17. The first-order valence-electron chi connectivity index (χ1n) is 7.43. The summed E-state index contributed by atoms with van der Waals surface area (Å²) in [5.41, 5.74) is 0.833. The van der Waals surface area contributed by atoms with E-state index in [-0.39, 0.29) is 11.8 Å². The quantitative estimate of drug-likeness (QED) is 0.829. The van der Waals surface area contributed by atoms with Gasteiger partial charge in [0.1, 0.15) is 0 Å². The Morgan fingerprint density at radius 1 is 1.22 bits per heavy atom. The SMILES string of the molecule is CN(C)Cc1nnc(C(=O)N(C)CCC(O)c2ccccc2)o1. The lowest BCUT2D eigenvalue weighted by molar-refractivity contribution is 0.0719. The smallest absolute Gasteiger partial charge is 0.311 e. The molecule has 1 aromatic carbocycles. The van der Waals surface area contributed by atoms with Crippen LogP contribution in [0.4, 0.5) is 0 Å². The molecule has 0 saturated heterocycles. The highest BCUT2D eigenvalue weighted by Crippen LogP contribution is 2.16. The molecule has 124 valence electrons. The third-order valence-electron chi connectivity index (χ3n) is 3.37. The van der Waals surface area contributed by atoms with Crippen molar-refractivity contribution in [2.24, 2.45) is 0 Å². The number of nitrogens with zero attached hydrogens (tertiary/aromatic N) is 4. The van der Waals surface area contributed by atoms with Gasteiger partial charge in [0.15, 0.2) is 0 Å². The molecule has 0 bridgehead atoms. The van der Waals surface area contributed by atoms with Crippen LogP contribution in [-0.4, -0.2) is 58.7 Å². The molecule has 7 nitrogen and oxygen atoms in total. The Kier molecular flexibility index (Phi) is 5.84. The van der Waals surface area contributed by atoms with Gasteiger partial charge in [-0.25, -0.2) is 0 Å². The number of carbonyl (C=O) groups excluding carboxylic acids is 1. The molecule has 1 N–H and O–H groups in total. The van der Waals surface area contributed by atoms with Crippen molar-refractivity contribution in [3.63, 3.8) is 0 Å². The van der Waals surface area contributed by atoms with E-state index in [1.54, 1.807) is 7.05 Å². The van der Waals surface area contributed by atoms with Crippen LogP contribution in [0.1, 0.15) is 34.7 Å². The molecule has 1 heterocycles. The highest BCUT2D eigenvalue weighted by Gasteiger charge is 2.20. The van der Waals surface area contributed by atoms with Gasteiger partial charge in [-0.3, -0.25) is 4.79 Å². The summed E-state index contributed by atoms with van der Waals surface area (Å²) >= 11 is 0. The van der Waals surface area contributed by atoms with Gasteiger partial charge in [-0.2, -0.15) is 0 Å². The molecule has 0 aliphatic heterocycles. The molecule has 0 saturated carbocycles. The summed E-state index contributed by atoms with van der Waals surface area (Å²) in [7, 11) is 5.40. The van der Waals surface area contributed by atoms with E-state index in [0.717, 1.165) is 5.56 Å². The molecule has 1 aromatic heterocycles. The average molecular weight is 318 g/mol. The summed E-state index contributed by atoms with van der Waals surface area (Å²) < 4.78 is 5.35. The summed E-state index contributed by atoms with van der Waals surface area (Å²) in [5, 5.41) is 17.8. The number of carbonyl (C=O) groups is 1. The van der Waals surface area contributed by atoms with Crippen LogP contribution in [0.5, 0.6) is 0 Å². The molecule has 0 fully saturated rings. The predicted molar refractivity (Wildman–Crippen MR) is 84.7 cm³/mol. The maximum atomic E-state index is 12.2. The molecule has 1 unspecified atom stereocenters. The molecule has 0 radical (unpaired) electrons. The second-order valence-electron chi connectivity index (χ2n) is 5.68. The van der Waals surface area contributed by atoms with Crippen LogP contribution in [0, 0.1) is 0 Å². The highest BCUT2D eigenvalue weighted by atomic mass is 16.4. The molecule has 7 heteroatoms. The average Bonchev–Trinajstić information content (AvgIpc) is 3.00.